The summed E-state index contributed by atoms with van der Waals surface area (Å²) in [6.07, 6.45) is 3.49. The Hall–Kier alpha value is -2.47. The van der Waals surface area contributed by atoms with Gasteiger partial charge >= 0.3 is 5.97 Å². The first-order valence-corrected chi connectivity index (χ1v) is 7.63. The number of esters is 1. The van der Waals surface area contributed by atoms with E-state index in [4.69, 9.17) is 4.74 Å². The molecule has 5 nitrogen and oxygen atoms in total. The van der Waals surface area contributed by atoms with E-state index in [1.165, 1.54) is 7.11 Å². The van der Waals surface area contributed by atoms with Crippen LogP contribution in [0.3, 0.4) is 0 Å². The molecule has 0 aliphatic carbocycles. The summed E-state index contributed by atoms with van der Waals surface area (Å²) in [5.74, 6) is -0.331. The number of pyridine rings is 1. The minimum Gasteiger partial charge on any atom is -0.465 e. The Morgan fingerprint density at radius 1 is 1.27 bits per heavy atom. The maximum Gasteiger partial charge on any atom is 0.339 e. The molecule has 0 unspecified atom stereocenters. The number of nitrogens with one attached hydrogen (secondary N) is 1. The van der Waals surface area contributed by atoms with Crippen molar-refractivity contribution >= 4 is 17.3 Å². The van der Waals surface area contributed by atoms with Crippen molar-refractivity contribution in [1.82, 2.24) is 15.0 Å². The number of thiazole rings is 1. The SMILES string of the molecule is COC(=O)c1c(C)[nH]c(-c2csc(-c3ccncc3)n2)c1C. The smallest absolute Gasteiger partial charge is 0.339 e. The number of carbonyl (C=O) groups excluding carboxylic acids is 1. The number of carbonyl (C=O) groups is 1. The molecular formula is C16H15N3O2S. The number of aromatic nitrogens is 3. The van der Waals surface area contributed by atoms with Crippen LogP contribution in [0.15, 0.2) is 29.9 Å². The van der Waals surface area contributed by atoms with E-state index in [9.17, 15) is 4.79 Å². The van der Waals surface area contributed by atoms with Crippen LogP contribution in [0.25, 0.3) is 22.0 Å². The zero-order valence-electron chi connectivity index (χ0n) is 12.5. The van der Waals surface area contributed by atoms with Gasteiger partial charge in [-0.2, -0.15) is 0 Å². The zero-order chi connectivity index (χ0) is 15.7. The van der Waals surface area contributed by atoms with Gasteiger partial charge in [0.25, 0.3) is 0 Å². The number of H-pyrrole nitrogens is 1. The highest BCUT2D eigenvalue weighted by Gasteiger charge is 2.20. The second-order valence-corrected chi connectivity index (χ2v) is 5.75. The van der Waals surface area contributed by atoms with Crippen LogP contribution in [-0.2, 0) is 4.74 Å². The Morgan fingerprint density at radius 3 is 2.68 bits per heavy atom. The minimum atomic E-state index is -0.331. The number of methoxy groups -OCH3 is 1. The Balaban J connectivity index is 2.03. The average Bonchev–Trinajstić information content (AvgIpc) is 3.12. The van der Waals surface area contributed by atoms with Crippen LogP contribution in [-0.4, -0.2) is 28.0 Å². The first-order valence-electron chi connectivity index (χ1n) is 6.75. The standard InChI is InChI=1S/C16H15N3O2S/c1-9-13(16(20)21-3)10(2)18-14(9)12-8-22-15(19-12)11-4-6-17-7-5-11/h4-8,18H,1-3H3. The summed E-state index contributed by atoms with van der Waals surface area (Å²) in [6.45, 7) is 3.76. The van der Waals surface area contributed by atoms with Crippen molar-refractivity contribution in [3.05, 3.63) is 46.7 Å². The van der Waals surface area contributed by atoms with E-state index >= 15 is 0 Å². The van der Waals surface area contributed by atoms with Gasteiger partial charge in [-0.1, -0.05) is 0 Å². The second kappa shape index (κ2) is 5.73. The van der Waals surface area contributed by atoms with Gasteiger partial charge in [0.2, 0.25) is 0 Å². The van der Waals surface area contributed by atoms with E-state index in [1.807, 2.05) is 31.4 Å². The summed E-state index contributed by atoms with van der Waals surface area (Å²) >= 11 is 1.56. The monoisotopic (exact) mass is 313 g/mol. The van der Waals surface area contributed by atoms with E-state index < -0.39 is 0 Å². The van der Waals surface area contributed by atoms with Crippen molar-refractivity contribution in [2.24, 2.45) is 0 Å². The van der Waals surface area contributed by atoms with Crippen LogP contribution in [0.2, 0.25) is 0 Å². The van der Waals surface area contributed by atoms with Crippen molar-refractivity contribution in [3.8, 4) is 22.0 Å². The molecule has 0 fully saturated rings. The molecular weight excluding hydrogens is 298 g/mol. The van der Waals surface area contributed by atoms with Gasteiger partial charge in [0.05, 0.1) is 24.1 Å². The number of rotatable bonds is 3. The van der Waals surface area contributed by atoms with E-state index in [1.54, 1.807) is 23.7 Å². The number of nitrogens with zero attached hydrogens (tertiary/aromatic N) is 2. The van der Waals surface area contributed by atoms with Crippen LogP contribution >= 0.6 is 11.3 Å². The largest absolute Gasteiger partial charge is 0.465 e. The molecule has 22 heavy (non-hydrogen) atoms. The number of hydrogen-bond acceptors (Lipinski definition) is 5. The Labute approximate surface area is 132 Å². The van der Waals surface area contributed by atoms with Gasteiger partial charge in [0.15, 0.2) is 0 Å². The van der Waals surface area contributed by atoms with Gasteiger partial charge in [-0.25, -0.2) is 9.78 Å². The molecule has 0 atom stereocenters. The number of aromatic amines is 1. The van der Waals surface area contributed by atoms with Crippen molar-refractivity contribution in [2.45, 2.75) is 13.8 Å². The number of ether oxygens (including phenoxy) is 1. The molecule has 0 radical (unpaired) electrons. The van der Waals surface area contributed by atoms with Crippen molar-refractivity contribution in [2.75, 3.05) is 7.11 Å². The molecule has 0 aliphatic rings. The third-order valence-corrected chi connectivity index (χ3v) is 4.41. The van der Waals surface area contributed by atoms with Gasteiger partial charge in [0, 0.05) is 29.0 Å². The molecule has 0 amide bonds. The fraction of sp³-hybridized carbons (Fsp3) is 0.188. The summed E-state index contributed by atoms with van der Waals surface area (Å²) in [4.78, 5) is 23.8. The molecule has 3 aromatic rings. The van der Waals surface area contributed by atoms with Crippen molar-refractivity contribution in [1.29, 1.82) is 0 Å². The maximum atomic E-state index is 11.9. The van der Waals surface area contributed by atoms with Gasteiger partial charge < -0.3 is 9.72 Å². The molecule has 0 aromatic carbocycles. The molecule has 3 rings (SSSR count). The molecule has 3 heterocycles. The number of aryl methyl sites for hydroxylation is 1. The highest BCUT2D eigenvalue weighted by molar-refractivity contribution is 7.13. The lowest BCUT2D eigenvalue weighted by atomic mass is 10.1. The van der Waals surface area contributed by atoms with Crippen LogP contribution in [0.1, 0.15) is 21.6 Å². The molecule has 1 N–H and O–H groups in total. The van der Waals surface area contributed by atoms with E-state index in [2.05, 4.69) is 15.0 Å². The summed E-state index contributed by atoms with van der Waals surface area (Å²) in [6, 6.07) is 3.85. The quantitative estimate of drug-likeness (QED) is 0.750. The third kappa shape index (κ3) is 2.42. The van der Waals surface area contributed by atoms with Gasteiger partial charge in [0.1, 0.15) is 5.01 Å². The summed E-state index contributed by atoms with van der Waals surface area (Å²) in [5.41, 5.74) is 4.94. The molecule has 112 valence electrons. The van der Waals surface area contributed by atoms with E-state index in [0.717, 1.165) is 33.2 Å². The Morgan fingerprint density at radius 2 is 2.00 bits per heavy atom. The predicted molar refractivity (Wildman–Crippen MR) is 85.9 cm³/mol. The van der Waals surface area contributed by atoms with Crippen LogP contribution in [0.5, 0.6) is 0 Å². The van der Waals surface area contributed by atoms with Crippen molar-refractivity contribution in [3.63, 3.8) is 0 Å². The Bertz CT molecular complexity index is 821. The zero-order valence-corrected chi connectivity index (χ0v) is 13.3. The summed E-state index contributed by atoms with van der Waals surface area (Å²) in [5, 5.41) is 2.90. The first kappa shape index (κ1) is 14.5. The molecule has 0 bridgehead atoms. The lowest BCUT2D eigenvalue weighted by Crippen LogP contribution is -2.03. The van der Waals surface area contributed by atoms with Crippen LogP contribution < -0.4 is 0 Å². The van der Waals surface area contributed by atoms with Gasteiger partial charge in [-0.3, -0.25) is 4.98 Å². The lowest BCUT2D eigenvalue weighted by Gasteiger charge is -1.99. The third-order valence-electron chi connectivity index (χ3n) is 3.51. The molecule has 0 saturated heterocycles. The highest BCUT2D eigenvalue weighted by atomic mass is 32.1. The molecule has 0 spiro atoms. The number of hydrogen-bond donors (Lipinski definition) is 1. The van der Waals surface area contributed by atoms with Crippen molar-refractivity contribution < 1.29 is 9.53 Å². The molecule has 0 aliphatic heterocycles. The van der Waals surface area contributed by atoms with Gasteiger partial charge in [-0.05, 0) is 31.5 Å². The molecule has 3 aromatic heterocycles. The van der Waals surface area contributed by atoms with Gasteiger partial charge in [-0.15, -0.1) is 11.3 Å². The first-order chi connectivity index (χ1) is 10.6. The Kier molecular flexibility index (Phi) is 3.77. The molecule has 6 heteroatoms. The van der Waals surface area contributed by atoms with E-state index in [-0.39, 0.29) is 5.97 Å². The average molecular weight is 313 g/mol. The lowest BCUT2D eigenvalue weighted by molar-refractivity contribution is 0.0599. The van der Waals surface area contributed by atoms with Crippen LogP contribution in [0.4, 0.5) is 0 Å². The normalized spacial score (nSPS) is 10.7. The summed E-state index contributed by atoms with van der Waals surface area (Å²) in [7, 11) is 1.39. The fourth-order valence-electron chi connectivity index (χ4n) is 2.43. The maximum absolute atomic E-state index is 11.9. The van der Waals surface area contributed by atoms with E-state index in [0.29, 0.717) is 5.56 Å². The molecule has 0 saturated carbocycles. The minimum absolute atomic E-state index is 0.331. The predicted octanol–water partition coefficient (Wildman–Crippen LogP) is 3.60. The second-order valence-electron chi connectivity index (χ2n) is 4.89. The topological polar surface area (TPSA) is 67.9 Å². The highest BCUT2D eigenvalue weighted by Crippen LogP contribution is 2.32. The van der Waals surface area contributed by atoms with Crippen LogP contribution in [0, 0.1) is 13.8 Å². The summed E-state index contributed by atoms with van der Waals surface area (Å²) < 4.78 is 4.84. The fourth-order valence-corrected chi connectivity index (χ4v) is 3.25.